The Morgan fingerprint density at radius 1 is 1.67 bits per heavy atom. The SMILES string of the molecule is CCCCC(C)C(=O)OC1CNCCO1. The largest absolute Gasteiger partial charge is 0.434 e. The Morgan fingerprint density at radius 3 is 3.07 bits per heavy atom. The molecule has 1 heterocycles. The fraction of sp³-hybridized carbons (Fsp3) is 0.909. The molecule has 0 aromatic carbocycles. The molecule has 0 aromatic rings. The zero-order valence-electron chi connectivity index (χ0n) is 9.62. The van der Waals surface area contributed by atoms with Crippen molar-refractivity contribution in [1.29, 1.82) is 0 Å². The molecule has 2 unspecified atom stereocenters. The first kappa shape index (κ1) is 12.5. The molecule has 0 amide bonds. The summed E-state index contributed by atoms with van der Waals surface area (Å²) >= 11 is 0. The van der Waals surface area contributed by atoms with Gasteiger partial charge in [-0.1, -0.05) is 26.7 Å². The Kier molecular flexibility index (Phi) is 5.65. The first-order valence-corrected chi connectivity index (χ1v) is 5.77. The highest BCUT2D eigenvalue weighted by atomic mass is 16.7. The summed E-state index contributed by atoms with van der Waals surface area (Å²) in [6, 6.07) is 0. The molecule has 0 radical (unpaired) electrons. The molecule has 1 saturated heterocycles. The van der Waals surface area contributed by atoms with Gasteiger partial charge in [0.1, 0.15) is 0 Å². The van der Waals surface area contributed by atoms with Crippen molar-refractivity contribution in [2.24, 2.45) is 5.92 Å². The quantitative estimate of drug-likeness (QED) is 0.702. The van der Waals surface area contributed by atoms with Crippen molar-refractivity contribution in [1.82, 2.24) is 5.32 Å². The van der Waals surface area contributed by atoms with Crippen molar-refractivity contribution < 1.29 is 14.3 Å². The molecule has 0 spiro atoms. The fourth-order valence-corrected chi connectivity index (χ4v) is 1.49. The minimum atomic E-state index is -0.393. The zero-order valence-corrected chi connectivity index (χ0v) is 9.62. The van der Waals surface area contributed by atoms with E-state index in [4.69, 9.17) is 9.47 Å². The number of carbonyl (C=O) groups excluding carboxylic acids is 1. The lowest BCUT2D eigenvalue weighted by molar-refractivity contribution is -0.186. The molecule has 0 aliphatic carbocycles. The Labute approximate surface area is 91.3 Å². The standard InChI is InChI=1S/C11H21NO3/c1-3-4-5-9(2)11(13)15-10-8-12-6-7-14-10/h9-10,12H,3-8H2,1-2H3. The highest BCUT2D eigenvalue weighted by Gasteiger charge is 2.21. The number of morpholine rings is 1. The van der Waals surface area contributed by atoms with E-state index in [0.29, 0.717) is 13.2 Å². The van der Waals surface area contributed by atoms with Gasteiger partial charge in [-0.05, 0) is 6.42 Å². The minimum absolute atomic E-state index is 0.0181. The molecule has 1 aliphatic rings. The molecule has 88 valence electrons. The maximum absolute atomic E-state index is 11.6. The Bertz CT molecular complexity index is 190. The van der Waals surface area contributed by atoms with E-state index in [0.717, 1.165) is 25.8 Å². The van der Waals surface area contributed by atoms with Gasteiger partial charge in [-0.25, -0.2) is 0 Å². The number of nitrogens with one attached hydrogen (secondary N) is 1. The van der Waals surface area contributed by atoms with Gasteiger partial charge in [0.25, 0.3) is 0 Å². The van der Waals surface area contributed by atoms with Gasteiger partial charge in [0, 0.05) is 6.54 Å². The number of ether oxygens (including phenoxy) is 2. The molecular weight excluding hydrogens is 194 g/mol. The summed E-state index contributed by atoms with van der Waals surface area (Å²) in [4.78, 5) is 11.6. The van der Waals surface area contributed by atoms with Crippen LogP contribution in [0.5, 0.6) is 0 Å². The van der Waals surface area contributed by atoms with Crippen LogP contribution in [-0.2, 0) is 14.3 Å². The van der Waals surface area contributed by atoms with Crippen molar-refractivity contribution in [2.45, 2.75) is 39.4 Å². The number of hydrogen-bond acceptors (Lipinski definition) is 4. The van der Waals surface area contributed by atoms with E-state index in [1.165, 1.54) is 0 Å². The van der Waals surface area contributed by atoms with Gasteiger partial charge in [0.2, 0.25) is 6.29 Å². The average molecular weight is 215 g/mol. The van der Waals surface area contributed by atoms with Crippen molar-refractivity contribution in [2.75, 3.05) is 19.7 Å². The molecule has 1 fully saturated rings. The molecule has 1 rings (SSSR count). The maximum atomic E-state index is 11.6. The van der Waals surface area contributed by atoms with Crippen molar-refractivity contribution in [3.8, 4) is 0 Å². The van der Waals surface area contributed by atoms with Gasteiger partial charge in [-0.2, -0.15) is 0 Å². The average Bonchev–Trinajstić information content (AvgIpc) is 2.27. The summed E-state index contributed by atoms with van der Waals surface area (Å²) in [5.74, 6) is -0.160. The van der Waals surface area contributed by atoms with Crippen LogP contribution in [0.15, 0.2) is 0 Å². The number of unbranched alkanes of at least 4 members (excludes halogenated alkanes) is 1. The number of esters is 1. The molecule has 0 aromatic heterocycles. The van der Waals surface area contributed by atoms with Crippen LogP contribution >= 0.6 is 0 Å². The van der Waals surface area contributed by atoms with Crippen LogP contribution in [0.2, 0.25) is 0 Å². The van der Waals surface area contributed by atoms with Crippen LogP contribution in [-0.4, -0.2) is 32.0 Å². The van der Waals surface area contributed by atoms with E-state index in [1.807, 2.05) is 6.92 Å². The predicted octanol–water partition coefficient (Wildman–Crippen LogP) is 1.30. The van der Waals surface area contributed by atoms with E-state index in [2.05, 4.69) is 12.2 Å². The topological polar surface area (TPSA) is 47.6 Å². The van der Waals surface area contributed by atoms with Gasteiger partial charge in [-0.3, -0.25) is 4.79 Å². The summed E-state index contributed by atoms with van der Waals surface area (Å²) in [7, 11) is 0. The second kappa shape index (κ2) is 6.80. The summed E-state index contributed by atoms with van der Waals surface area (Å²) in [5, 5.41) is 3.12. The second-order valence-corrected chi connectivity index (χ2v) is 3.98. The van der Waals surface area contributed by atoms with Gasteiger partial charge >= 0.3 is 5.97 Å². The molecule has 15 heavy (non-hydrogen) atoms. The third-order valence-electron chi connectivity index (χ3n) is 2.53. The van der Waals surface area contributed by atoms with Gasteiger partial charge in [0.05, 0.1) is 19.1 Å². The van der Waals surface area contributed by atoms with Crippen LogP contribution in [0.4, 0.5) is 0 Å². The summed E-state index contributed by atoms with van der Waals surface area (Å²) < 4.78 is 10.5. The van der Waals surface area contributed by atoms with E-state index in [-0.39, 0.29) is 11.9 Å². The van der Waals surface area contributed by atoms with Crippen LogP contribution < -0.4 is 5.32 Å². The van der Waals surface area contributed by atoms with Crippen molar-refractivity contribution >= 4 is 5.97 Å². The normalized spacial score (nSPS) is 23.5. The predicted molar refractivity (Wildman–Crippen MR) is 57.4 cm³/mol. The summed E-state index contributed by atoms with van der Waals surface area (Å²) in [6.45, 7) is 6.08. The van der Waals surface area contributed by atoms with Gasteiger partial charge in [0.15, 0.2) is 0 Å². The molecule has 0 bridgehead atoms. The first-order valence-electron chi connectivity index (χ1n) is 5.77. The smallest absolute Gasteiger partial charge is 0.311 e. The summed E-state index contributed by atoms with van der Waals surface area (Å²) in [6.07, 6.45) is 2.68. The molecular formula is C11H21NO3. The summed E-state index contributed by atoms with van der Waals surface area (Å²) in [5.41, 5.74) is 0. The molecule has 1 N–H and O–H groups in total. The van der Waals surface area contributed by atoms with Crippen LogP contribution in [0.25, 0.3) is 0 Å². The number of carbonyl (C=O) groups is 1. The highest BCUT2D eigenvalue weighted by molar-refractivity contribution is 5.72. The Balaban J connectivity index is 2.20. The van der Waals surface area contributed by atoms with Crippen LogP contribution in [0.1, 0.15) is 33.1 Å². The molecule has 0 saturated carbocycles. The Morgan fingerprint density at radius 2 is 2.47 bits per heavy atom. The van der Waals surface area contributed by atoms with Gasteiger partial charge in [-0.15, -0.1) is 0 Å². The first-order chi connectivity index (χ1) is 7.24. The third-order valence-corrected chi connectivity index (χ3v) is 2.53. The third kappa shape index (κ3) is 4.62. The second-order valence-electron chi connectivity index (χ2n) is 3.98. The number of rotatable bonds is 5. The lowest BCUT2D eigenvalue weighted by Crippen LogP contribution is -2.41. The monoisotopic (exact) mass is 215 g/mol. The van der Waals surface area contributed by atoms with E-state index in [9.17, 15) is 4.79 Å². The van der Waals surface area contributed by atoms with E-state index < -0.39 is 6.29 Å². The van der Waals surface area contributed by atoms with E-state index >= 15 is 0 Å². The Hall–Kier alpha value is -0.610. The van der Waals surface area contributed by atoms with Crippen molar-refractivity contribution in [3.63, 3.8) is 0 Å². The van der Waals surface area contributed by atoms with Gasteiger partial charge < -0.3 is 14.8 Å². The number of hydrogen-bond donors (Lipinski definition) is 1. The lowest BCUT2D eigenvalue weighted by Gasteiger charge is -2.24. The van der Waals surface area contributed by atoms with Crippen LogP contribution in [0, 0.1) is 5.92 Å². The molecule has 2 atom stereocenters. The zero-order chi connectivity index (χ0) is 11.1. The molecule has 4 nitrogen and oxygen atoms in total. The molecule has 1 aliphatic heterocycles. The van der Waals surface area contributed by atoms with Crippen LogP contribution in [0.3, 0.4) is 0 Å². The maximum Gasteiger partial charge on any atom is 0.311 e. The molecule has 4 heteroatoms. The minimum Gasteiger partial charge on any atom is -0.434 e. The highest BCUT2D eigenvalue weighted by Crippen LogP contribution is 2.11. The lowest BCUT2D eigenvalue weighted by atomic mass is 10.1. The van der Waals surface area contributed by atoms with E-state index in [1.54, 1.807) is 0 Å². The fourth-order valence-electron chi connectivity index (χ4n) is 1.49. The van der Waals surface area contributed by atoms with Crippen molar-refractivity contribution in [3.05, 3.63) is 0 Å².